The third-order valence-electron chi connectivity index (χ3n) is 4.87. The highest BCUT2D eigenvalue weighted by molar-refractivity contribution is 9.10. The van der Waals surface area contributed by atoms with E-state index in [0.29, 0.717) is 17.9 Å². The van der Waals surface area contributed by atoms with Gasteiger partial charge in [-0.25, -0.2) is 0 Å². The second-order valence-corrected chi connectivity index (χ2v) is 8.85. The molecule has 3 N–H and O–H groups in total. The Morgan fingerprint density at radius 2 is 1.61 bits per heavy atom. The van der Waals surface area contributed by atoms with Gasteiger partial charge in [0.2, 0.25) is 0 Å². The highest BCUT2D eigenvalue weighted by Gasteiger charge is 2.15. The maximum atomic E-state index is 12.9. The number of unbranched alkanes of at least 4 members (excludes halogenated alkanes) is 3. The van der Waals surface area contributed by atoms with Crippen molar-refractivity contribution in [2.75, 3.05) is 17.2 Å². The van der Waals surface area contributed by atoms with Crippen LogP contribution in [0.5, 0.6) is 5.75 Å². The summed E-state index contributed by atoms with van der Waals surface area (Å²) in [6.45, 7) is 2.75. The van der Waals surface area contributed by atoms with Crippen molar-refractivity contribution in [2.24, 2.45) is 0 Å². The third kappa shape index (κ3) is 8.18. The van der Waals surface area contributed by atoms with Crippen LogP contribution in [0, 0.1) is 0 Å². The molecule has 0 bridgehead atoms. The minimum atomic E-state index is -0.320. The number of amides is 1. The number of para-hydroxylation sites is 1. The number of hydrogen-bond donors (Lipinski definition) is 3. The number of carbonyl (C=O) groups excluding carboxylic acids is 1. The predicted molar refractivity (Wildman–Crippen MR) is 144 cm³/mol. The third-order valence-corrected chi connectivity index (χ3v) is 5.57. The van der Waals surface area contributed by atoms with E-state index in [2.05, 4.69) is 38.8 Å². The van der Waals surface area contributed by atoms with Gasteiger partial charge in [0, 0.05) is 21.5 Å². The van der Waals surface area contributed by atoms with Crippen molar-refractivity contribution in [3.8, 4) is 5.75 Å². The molecule has 5 nitrogen and oxygen atoms in total. The normalized spacial score (nSPS) is 10.4. The zero-order valence-electron chi connectivity index (χ0n) is 18.6. The summed E-state index contributed by atoms with van der Waals surface area (Å²) < 4.78 is 6.67. The summed E-state index contributed by atoms with van der Waals surface area (Å²) in [6.07, 6.45) is 4.42. The summed E-state index contributed by atoms with van der Waals surface area (Å²) in [6, 6.07) is 23.0. The largest absolute Gasteiger partial charge is 0.493 e. The van der Waals surface area contributed by atoms with Crippen LogP contribution < -0.4 is 20.7 Å². The van der Waals surface area contributed by atoms with Gasteiger partial charge in [-0.15, -0.1) is 0 Å². The molecule has 33 heavy (non-hydrogen) atoms. The Bertz CT molecular complexity index is 1060. The molecule has 0 aliphatic heterocycles. The second-order valence-electron chi connectivity index (χ2n) is 7.53. The van der Waals surface area contributed by atoms with E-state index in [1.54, 1.807) is 12.1 Å². The number of ether oxygens (including phenoxy) is 1. The molecular weight excluding hydrogens is 498 g/mol. The molecule has 3 aromatic rings. The van der Waals surface area contributed by atoms with Gasteiger partial charge >= 0.3 is 0 Å². The van der Waals surface area contributed by atoms with Gasteiger partial charge in [-0.2, -0.15) is 0 Å². The zero-order valence-corrected chi connectivity index (χ0v) is 21.0. The average molecular weight is 527 g/mol. The molecule has 0 aliphatic carbocycles. The summed E-state index contributed by atoms with van der Waals surface area (Å²) in [7, 11) is 0. The molecule has 7 heteroatoms. The summed E-state index contributed by atoms with van der Waals surface area (Å²) >= 11 is 8.78. The lowest BCUT2D eigenvalue weighted by Crippen LogP contribution is -2.34. The molecule has 3 rings (SSSR count). The fourth-order valence-electron chi connectivity index (χ4n) is 3.17. The van der Waals surface area contributed by atoms with Gasteiger partial charge in [0.05, 0.1) is 12.2 Å². The maximum Gasteiger partial charge on any atom is 0.261 e. The summed E-state index contributed by atoms with van der Waals surface area (Å²) in [4.78, 5) is 12.9. The van der Waals surface area contributed by atoms with Crippen LogP contribution in [0.15, 0.2) is 77.3 Å². The molecule has 0 radical (unpaired) electrons. The first-order valence-electron chi connectivity index (χ1n) is 11.0. The lowest BCUT2D eigenvalue weighted by atomic mass is 10.2. The molecule has 0 heterocycles. The maximum absolute atomic E-state index is 12.9. The number of nitrogens with one attached hydrogen (secondary N) is 3. The summed E-state index contributed by atoms with van der Waals surface area (Å²) in [5.74, 6) is 0.228. The van der Waals surface area contributed by atoms with Crippen LogP contribution in [0.1, 0.15) is 43.0 Å². The van der Waals surface area contributed by atoms with Crippen molar-refractivity contribution in [1.82, 2.24) is 5.32 Å². The van der Waals surface area contributed by atoms with Crippen LogP contribution >= 0.6 is 28.1 Å². The van der Waals surface area contributed by atoms with E-state index in [9.17, 15) is 4.79 Å². The highest BCUT2D eigenvalue weighted by atomic mass is 79.9. The minimum absolute atomic E-state index is 0.220. The van der Waals surface area contributed by atoms with Crippen LogP contribution in [-0.2, 0) is 0 Å². The van der Waals surface area contributed by atoms with Crippen LogP contribution in [0.2, 0.25) is 0 Å². The molecule has 1 amide bonds. The monoisotopic (exact) mass is 525 g/mol. The van der Waals surface area contributed by atoms with Crippen molar-refractivity contribution in [3.05, 3.63) is 82.8 Å². The Balaban J connectivity index is 1.55. The summed E-state index contributed by atoms with van der Waals surface area (Å²) in [5.41, 5.74) is 3.18. The van der Waals surface area contributed by atoms with Crippen LogP contribution in [-0.4, -0.2) is 17.6 Å². The smallest absolute Gasteiger partial charge is 0.261 e. The molecule has 0 aliphatic rings. The molecule has 0 atom stereocenters. The number of hydrogen-bond acceptors (Lipinski definition) is 4. The van der Waals surface area contributed by atoms with Gasteiger partial charge in [-0.1, -0.05) is 60.3 Å². The van der Waals surface area contributed by atoms with E-state index in [0.717, 1.165) is 34.4 Å². The van der Waals surface area contributed by atoms with Gasteiger partial charge in [-0.05, 0) is 73.2 Å². The Kier molecular flexibility index (Phi) is 9.72. The van der Waals surface area contributed by atoms with E-state index < -0.39 is 0 Å². The second kappa shape index (κ2) is 13.0. The summed E-state index contributed by atoms with van der Waals surface area (Å²) in [5, 5.41) is 9.34. The lowest BCUT2D eigenvalue weighted by molar-refractivity contribution is 0.0973. The topological polar surface area (TPSA) is 62.4 Å². The van der Waals surface area contributed by atoms with Crippen LogP contribution in [0.25, 0.3) is 0 Å². The molecule has 0 saturated heterocycles. The van der Waals surface area contributed by atoms with Crippen molar-refractivity contribution in [3.63, 3.8) is 0 Å². The highest BCUT2D eigenvalue weighted by Crippen LogP contribution is 2.24. The molecule has 0 spiro atoms. The number of benzene rings is 3. The molecule has 3 aromatic carbocycles. The van der Waals surface area contributed by atoms with E-state index in [-0.39, 0.29) is 11.0 Å². The quantitative estimate of drug-likeness (QED) is 0.191. The fraction of sp³-hybridized carbons (Fsp3) is 0.231. The molecule has 0 unspecified atom stereocenters. The van der Waals surface area contributed by atoms with Gasteiger partial charge in [0.1, 0.15) is 5.75 Å². The Labute approximate surface area is 209 Å². The SMILES string of the molecule is CCCCCCOc1ccc(Br)cc1C(=O)NC(=S)Nc1ccc(Nc2ccccc2)cc1. The van der Waals surface area contributed by atoms with E-state index in [1.807, 2.05) is 60.7 Å². The minimum Gasteiger partial charge on any atom is -0.493 e. The van der Waals surface area contributed by atoms with Crippen LogP contribution in [0.4, 0.5) is 17.1 Å². The number of thiocarbonyl (C=S) groups is 1. The van der Waals surface area contributed by atoms with Gasteiger partial charge in [-0.3, -0.25) is 10.1 Å². The Morgan fingerprint density at radius 1 is 0.909 bits per heavy atom. The first-order valence-corrected chi connectivity index (χ1v) is 12.2. The Morgan fingerprint density at radius 3 is 2.33 bits per heavy atom. The van der Waals surface area contributed by atoms with E-state index in [4.69, 9.17) is 17.0 Å². The standard InChI is InChI=1S/C26H28BrN3O2S/c1-2-3-4-8-17-32-24-16-11-19(27)18-23(24)25(31)30-26(33)29-22-14-12-21(13-15-22)28-20-9-6-5-7-10-20/h5-7,9-16,18,28H,2-4,8,17H2,1H3,(H2,29,30,31,33). The van der Waals surface area contributed by atoms with Gasteiger partial charge in [0.25, 0.3) is 5.91 Å². The molecular formula is C26H28BrN3O2S. The van der Waals surface area contributed by atoms with Crippen molar-refractivity contribution in [1.29, 1.82) is 0 Å². The molecule has 0 saturated carbocycles. The number of anilines is 3. The van der Waals surface area contributed by atoms with Crippen molar-refractivity contribution in [2.45, 2.75) is 32.6 Å². The van der Waals surface area contributed by atoms with Gasteiger partial charge < -0.3 is 15.4 Å². The van der Waals surface area contributed by atoms with Crippen molar-refractivity contribution < 1.29 is 9.53 Å². The van der Waals surface area contributed by atoms with Crippen molar-refractivity contribution >= 4 is 56.2 Å². The zero-order chi connectivity index (χ0) is 23.5. The number of carbonyl (C=O) groups is 1. The average Bonchev–Trinajstić information content (AvgIpc) is 2.81. The molecule has 172 valence electrons. The van der Waals surface area contributed by atoms with Gasteiger partial charge in [0.15, 0.2) is 5.11 Å². The first kappa shape index (κ1) is 24.7. The molecule has 0 aromatic heterocycles. The Hall–Kier alpha value is -2.90. The predicted octanol–water partition coefficient (Wildman–Crippen LogP) is 7.28. The van der Waals surface area contributed by atoms with E-state index >= 15 is 0 Å². The first-order chi connectivity index (χ1) is 16.0. The number of rotatable bonds is 10. The van der Waals surface area contributed by atoms with E-state index in [1.165, 1.54) is 12.8 Å². The number of halogens is 1. The molecule has 0 fully saturated rings. The fourth-order valence-corrected chi connectivity index (χ4v) is 3.75. The lowest BCUT2D eigenvalue weighted by Gasteiger charge is -2.14. The van der Waals surface area contributed by atoms with Crippen LogP contribution in [0.3, 0.4) is 0 Å².